The summed E-state index contributed by atoms with van der Waals surface area (Å²) >= 11 is 0. The van der Waals surface area contributed by atoms with Gasteiger partial charge in [-0.15, -0.1) is 6.58 Å². The van der Waals surface area contributed by atoms with Gasteiger partial charge in [0.2, 0.25) is 0 Å². The van der Waals surface area contributed by atoms with Crippen LogP contribution in [0.2, 0.25) is 0 Å². The maximum absolute atomic E-state index is 10.0. The molecule has 3 aromatic carbocycles. The van der Waals surface area contributed by atoms with Gasteiger partial charge in [0, 0.05) is 0 Å². The van der Waals surface area contributed by atoms with E-state index in [1.165, 1.54) is 27.8 Å². The van der Waals surface area contributed by atoms with E-state index in [1.54, 1.807) is 6.07 Å². The van der Waals surface area contributed by atoms with Crippen molar-refractivity contribution < 1.29 is 5.11 Å². The Balaban J connectivity index is 1.86. The number of phenolic OH excluding ortho intramolecular Hbond substituents is 1. The van der Waals surface area contributed by atoms with E-state index >= 15 is 0 Å². The number of fused-ring (bicyclic) bond motifs is 3. The van der Waals surface area contributed by atoms with E-state index in [-0.39, 0.29) is 0 Å². The van der Waals surface area contributed by atoms with Gasteiger partial charge in [-0.1, -0.05) is 54.6 Å². The van der Waals surface area contributed by atoms with E-state index in [2.05, 4.69) is 55.1 Å². The summed E-state index contributed by atoms with van der Waals surface area (Å²) in [5.74, 6) is 0.338. The van der Waals surface area contributed by atoms with E-state index in [9.17, 15) is 5.11 Å². The summed E-state index contributed by atoms with van der Waals surface area (Å²) in [6, 6.07) is 21.0. The quantitative estimate of drug-likeness (QED) is 0.505. The number of benzene rings is 3. The molecule has 0 unspecified atom stereocenters. The van der Waals surface area contributed by atoms with Crippen LogP contribution in [0.4, 0.5) is 0 Å². The summed E-state index contributed by atoms with van der Waals surface area (Å²) in [7, 11) is 0. The van der Waals surface area contributed by atoms with Crippen LogP contribution >= 0.6 is 0 Å². The molecule has 1 aliphatic carbocycles. The van der Waals surface area contributed by atoms with E-state index in [0.717, 1.165) is 17.5 Å². The lowest BCUT2D eigenvalue weighted by Gasteiger charge is -2.11. The van der Waals surface area contributed by atoms with Crippen molar-refractivity contribution in [3.63, 3.8) is 0 Å². The zero-order valence-corrected chi connectivity index (χ0v) is 12.9. The highest BCUT2D eigenvalue weighted by molar-refractivity contribution is 5.85. The van der Waals surface area contributed by atoms with Crippen LogP contribution in [0.15, 0.2) is 73.3 Å². The Morgan fingerprint density at radius 3 is 2.57 bits per heavy atom. The summed E-state index contributed by atoms with van der Waals surface area (Å²) in [5, 5.41) is 10.0. The Morgan fingerprint density at radius 1 is 0.913 bits per heavy atom. The molecule has 23 heavy (non-hydrogen) atoms. The molecule has 3 aromatic rings. The minimum atomic E-state index is 0.338. The molecule has 0 aromatic heterocycles. The lowest BCUT2D eigenvalue weighted by atomic mass is 9.94. The summed E-state index contributed by atoms with van der Waals surface area (Å²) in [4.78, 5) is 0. The van der Waals surface area contributed by atoms with Gasteiger partial charge in [-0.25, -0.2) is 0 Å². The first-order valence-electron chi connectivity index (χ1n) is 7.91. The first-order valence-corrected chi connectivity index (χ1v) is 7.91. The fourth-order valence-corrected chi connectivity index (χ4v) is 3.50. The van der Waals surface area contributed by atoms with Gasteiger partial charge in [-0.2, -0.15) is 0 Å². The molecular formula is C22H18O. The molecule has 0 heterocycles. The molecule has 0 bridgehead atoms. The fourth-order valence-electron chi connectivity index (χ4n) is 3.50. The Labute approximate surface area is 136 Å². The molecule has 0 amide bonds. The molecule has 0 fully saturated rings. The van der Waals surface area contributed by atoms with Crippen molar-refractivity contribution in [3.05, 3.63) is 90.0 Å². The normalized spacial score (nSPS) is 11.8. The maximum atomic E-state index is 10.0. The topological polar surface area (TPSA) is 20.2 Å². The minimum absolute atomic E-state index is 0.338. The van der Waals surface area contributed by atoms with Crippen molar-refractivity contribution in [1.82, 2.24) is 0 Å². The molecule has 4 rings (SSSR count). The van der Waals surface area contributed by atoms with Crippen molar-refractivity contribution in [2.75, 3.05) is 0 Å². The Hall–Kier alpha value is -2.80. The molecule has 1 nitrogen and oxygen atoms in total. The van der Waals surface area contributed by atoms with E-state index < -0.39 is 0 Å². The second-order valence-corrected chi connectivity index (χ2v) is 6.00. The van der Waals surface area contributed by atoms with Crippen LogP contribution in [0, 0.1) is 0 Å². The molecule has 0 saturated heterocycles. The SMILES string of the molecule is C=CCc1cc(-c2cccc3c2Cc2ccccc2-3)ccc1O. The van der Waals surface area contributed by atoms with Crippen molar-refractivity contribution in [3.8, 4) is 28.0 Å². The third kappa shape index (κ3) is 2.25. The third-order valence-electron chi connectivity index (χ3n) is 4.61. The highest BCUT2D eigenvalue weighted by Crippen LogP contribution is 2.41. The van der Waals surface area contributed by atoms with Crippen molar-refractivity contribution >= 4 is 0 Å². The van der Waals surface area contributed by atoms with Crippen LogP contribution in [-0.4, -0.2) is 5.11 Å². The first-order chi connectivity index (χ1) is 11.3. The van der Waals surface area contributed by atoms with Crippen LogP contribution < -0.4 is 0 Å². The average Bonchev–Trinajstić information content (AvgIpc) is 2.96. The van der Waals surface area contributed by atoms with Crippen molar-refractivity contribution in [2.24, 2.45) is 0 Å². The molecule has 0 aliphatic heterocycles. The molecular weight excluding hydrogens is 280 g/mol. The van der Waals surface area contributed by atoms with Gasteiger partial charge in [-0.3, -0.25) is 0 Å². The number of rotatable bonds is 3. The predicted octanol–water partition coefficient (Wildman–Crippen LogP) is 5.36. The molecule has 1 heteroatoms. The standard InChI is InChI=1S/C22H18O/c1-2-6-17-13-16(11-12-22(17)23)19-9-5-10-20-18-8-4-3-7-15(18)14-21(19)20/h2-5,7-13,23H,1,6,14H2. The van der Waals surface area contributed by atoms with Gasteiger partial charge in [0.25, 0.3) is 0 Å². The Bertz CT molecular complexity index is 906. The Morgan fingerprint density at radius 2 is 1.70 bits per heavy atom. The number of phenols is 1. The van der Waals surface area contributed by atoms with Gasteiger partial charge in [0.05, 0.1) is 0 Å². The maximum Gasteiger partial charge on any atom is 0.119 e. The number of hydrogen-bond donors (Lipinski definition) is 1. The van der Waals surface area contributed by atoms with Gasteiger partial charge in [0.1, 0.15) is 5.75 Å². The monoisotopic (exact) mass is 298 g/mol. The van der Waals surface area contributed by atoms with Gasteiger partial charge < -0.3 is 5.11 Å². The molecule has 112 valence electrons. The smallest absolute Gasteiger partial charge is 0.119 e. The summed E-state index contributed by atoms with van der Waals surface area (Å²) in [5.41, 5.74) is 8.77. The number of allylic oxidation sites excluding steroid dienone is 1. The lowest BCUT2D eigenvalue weighted by Crippen LogP contribution is -1.90. The highest BCUT2D eigenvalue weighted by atomic mass is 16.3. The average molecular weight is 298 g/mol. The van der Waals surface area contributed by atoms with Crippen LogP contribution in [0.5, 0.6) is 5.75 Å². The van der Waals surface area contributed by atoms with Crippen LogP contribution in [0.3, 0.4) is 0 Å². The van der Waals surface area contributed by atoms with Crippen LogP contribution in [0.25, 0.3) is 22.3 Å². The number of hydrogen-bond acceptors (Lipinski definition) is 1. The van der Waals surface area contributed by atoms with Gasteiger partial charge in [0.15, 0.2) is 0 Å². The van der Waals surface area contributed by atoms with Gasteiger partial charge in [-0.05, 0) is 63.9 Å². The molecule has 1 N–H and O–H groups in total. The van der Waals surface area contributed by atoms with Crippen LogP contribution in [-0.2, 0) is 12.8 Å². The molecule has 0 saturated carbocycles. The summed E-state index contributed by atoms with van der Waals surface area (Å²) in [6.45, 7) is 3.77. The van der Waals surface area contributed by atoms with Gasteiger partial charge >= 0.3 is 0 Å². The number of aromatic hydroxyl groups is 1. The summed E-state index contributed by atoms with van der Waals surface area (Å²) in [6.07, 6.45) is 3.47. The van der Waals surface area contributed by atoms with E-state index in [4.69, 9.17) is 0 Å². The lowest BCUT2D eigenvalue weighted by molar-refractivity contribution is 0.470. The van der Waals surface area contributed by atoms with E-state index in [1.807, 2.05) is 12.1 Å². The summed E-state index contributed by atoms with van der Waals surface area (Å²) < 4.78 is 0. The second kappa shape index (κ2) is 5.44. The minimum Gasteiger partial charge on any atom is -0.508 e. The zero-order valence-electron chi connectivity index (χ0n) is 12.9. The molecule has 0 spiro atoms. The zero-order chi connectivity index (χ0) is 15.8. The van der Waals surface area contributed by atoms with E-state index in [0.29, 0.717) is 12.2 Å². The van der Waals surface area contributed by atoms with Crippen molar-refractivity contribution in [1.29, 1.82) is 0 Å². The molecule has 0 radical (unpaired) electrons. The highest BCUT2D eigenvalue weighted by Gasteiger charge is 2.21. The second-order valence-electron chi connectivity index (χ2n) is 6.00. The molecule has 0 atom stereocenters. The predicted molar refractivity (Wildman–Crippen MR) is 95.7 cm³/mol. The molecule has 1 aliphatic rings. The van der Waals surface area contributed by atoms with Crippen LogP contribution in [0.1, 0.15) is 16.7 Å². The third-order valence-corrected chi connectivity index (χ3v) is 4.61. The first kappa shape index (κ1) is 13.8. The fraction of sp³-hybridized carbons (Fsp3) is 0.0909. The largest absolute Gasteiger partial charge is 0.508 e. The Kier molecular flexibility index (Phi) is 3.27. The van der Waals surface area contributed by atoms with Crippen molar-refractivity contribution in [2.45, 2.75) is 12.8 Å².